The van der Waals surface area contributed by atoms with Gasteiger partial charge in [-0.15, -0.1) is 0 Å². The number of rotatable bonds is 5. The molecule has 0 bridgehead atoms. The Bertz CT molecular complexity index is 743. The number of carbonyl (C=O) groups is 1. The SMILES string of the molecule is CCOC(=O)N1CCC(Nc2ccc(Cl)cc2NN=C(C#N)C#N)CC1. The number of piperidine rings is 1. The Balaban J connectivity index is 2.02. The Labute approximate surface area is 157 Å². The number of hydrogen-bond acceptors (Lipinski definition) is 7. The maximum atomic E-state index is 11.8. The van der Waals surface area contributed by atoms with Crippen molar-refractivity contribution in [3.8, 4) is 12.1 Å². The molecular weight excluding hydrogens is 356 g/mol. The fraction of sp³-hybridized carbons (Fsp3) is 0.412. The van der Waals surface area contributed by atoms with Crippen LogP contribution >= 0.6 is 11.6 Å². The van der Waals surface area contributed by atoms with E-state index >= 15 is 0 Å². The smallest absolute Gasteiger partial charge is 0.409 e. The van der Waals surface area contributed by atoms with Gasteiger partial charge in [-0.2, -0.15) is 15.6 Å². The third kappa shape index (κ3) is 5.27. The molecular formula is C17H19ClN6O2. The van der Waals surface area contributed by atoms with Crippen LogP contribution in [0.15, 0.2) is 23.3 Å². The average molecular weight is 375 g/mol. The fourth-order valence-electron chi connectivity index (χ4n) is 2.57. The van der Waals surface area contributed by atoms with Crippen LogP contribution in [-0.2, 0) is 4.74 Å². The number of amides is 1. The molecule has 1 heterocycles. The molecule has 2 rings (SSSR count). The zero-order chi connectivity index (χ0) is 18.9. The topological polar surface area (TPSA) is 114 Å². The number of benzene rings is 1. The predicted molar refractivity (Wildman–Crippen MR) is 99.0 cm³/mol. The van der Waals surface area contributed by atoms with Crippen molar-refractivity contribution in [2.24, 2.45) is 5.10 Å². The van der Waals surface area contributed by atoms with Gasteiger partial charge in [-0.1, -0.05) is 11.6 Å². The van der Waals surface area contributed by atoms with E-state index in [9.17, 15) is 4.79 Å². The highest BCUT2D eigenvalue weighted by Gasteiger charge is 2.23. The number of likely N-dealkylation sites (tertiary alicyclic amines) is 1. The molecule has 1 aromatic carbocycles. The molecule has 0 spiro atoms. The molecule has 26 heavy (non-hydrogen) atoms. The first-order valence-corrected chi connectivity index (χ1v) is 8.56. The van der Waals surface area contributed by atoms with E-state index in [1.54, 1.807) is 42.2 Å². The lowest BCUT2D eigenvalue weighted by atomic mass is 10.0. The van der Waals surface area contributed by atoms with E-state index in [-0.39, 0.29) is 17.8 Å². The van der Waals surface area contributed by atoms with E-state index in [2.05, 4.69) is 15.8 Å². The van der Waals surface area contributed by atoms with Gasteiger partial charge in [0.2, 0.25) is 5.71 Å². The summed E-state index contributed by atoms with van der Waals surface area (Å²) in [5.41, 5.74) is 3.74. The van der Waals surface area contributed by atoms with Crippen molar-refractivity contribution in [1.82, 2.24) is 4.90 Å². The van der Waals surface area contributed by atoms with Crippen molar-refractivity contribution in [3.05, 3.63) is 23.2 Å². The largest absolute Gasteiger partial charge is 0.450 e. The van der Waals surface area contributed by atoms with Crippen LogP contribution in [0, 0.1) is 22.7 Å². The van der Waals surface area contributed by atoms with Crippen LogP contribution in [0.1, 0.15) is 19.8 Å². The molecule has 0 radical (unpaired) electrons. The summed E-state index contributed by atoms with van der Waals surface area (Å²) in [6.07, 6.45) is 1.26. The lowest BCUT2D eigenvalue weighted by molar-refractivity contribution is 0.0983. The highest BCUT2D eigenvalue weighted by Crippen LogP contribution is 2.28. The zero-order valence-corrected chi connectivity index (χ0v) is 15.1. The minimum Gasteiger partial charge on any atom is -0.450 e. The van der Waals surface area contributed by atoms with Crippen LogP contribution in [0.5, 0.6) is 0 Å². The van der Waals surface area contributed by atoms with Crippen molar-refractivity contribution in [1.29, 1.82) is 10.5 Å². The minimum atomic E-state index is -0.283. The molecule has 0 aromatic heterocycles. The average Bonchev–Trinajstić information content (AvgIpc) is 2.65. The lowest BCUT2D eigenvalue weighted by Gasteiger charge is -2.32. The molecule has 1 aromatic rings. The summed E-state index contributed by atoms with van der Waals surface area (Å²) in [4.78, 5) is 13.4. The number of nitriles is 2. The summed E-state index contributed by atoms with van der Waals surface area (Å²) >= 11 is 6.02. The Morgan fingerprint density at radius 2 is 2.04 bits per heavy atom. The standard InChI is InChI=1S/C17H19ClN6O2/c1-2-26-17(25)24-7-5-13(6-8-24)21-15-4-3-12(18)9-16(15)23-22-14(10-19)11-20/h3-4,9,13,21,23H,2,5-8H2,1H3. The van der Waals surface area contributed by atoms with E-state index in [1.165, 1.54) is 0 Å². The first-order chi connectivity index (χ1) is 12.6. The van der Waals surface area contributed by atoms with E-state index in [1.807, 2.05) is 0 Å². The molecule has 2 N–H and O–H groups in total. The first-order valence-electron chi connectivity index (χ1n) is 8.19. The molecule has 0 atom stereocenters. The molecule has 1 amide bonds. The number of nitrogens with one attached hydrogen (secondary N) is 2. The maximum Gasteiger partial charge on any atom is 0.409 e. The Hall–Kier alpha value is -2.97. The number of carbonyl (C=O) groups excluding carboxylic acids is 1. The van der Waals surface area contributed by atoms with Crippen molar-refractivity contribution in [2.75, 3.05) is 30.4 Å². The van der Waals surface area contributed by atoms with Crippen LogP contribution < -0.4 is 10.7 Å². The Morgan fingerprint density at radius 1 is 1.35 bits per heavy atom. The van der Waals surface area contributed by atoms with Crippen LogP contribution in [0.2, 0.25) is 5.02 Å². The monoisotopic (exact) mass is 374 g/mol. The number of ether oxygens (including phenoxy) is 1. The van der Waals surface area contributed by atoms with Crippen molar-refractivity contribution in [2.45, 2.75) is 25.8 Å². The van der Waals surface area contributed by atoms with Gasteiger partial charge in [0.05, 0.1) is 18.0 Å². The third-order valence-corrected chi connectivity index (χ3v) is 4.10. The molecule has 1 aliphatic heterocycles. The second kappa shape index (κ2) is 9.50. The zero-order valence-electron chi connectivity index (χ0n) is 14.3. The molecule has 0 saturated carbocycles. The van der Waals surface area contributed by atoms with Crippen LogP contribution in [0.3, 0.4) is 0 Å². The van der Waals surface area contributed by atoms with Gasteiger partial charge < -0.3 is 15.0 Å². The predicted octanol–water partition coefficient (Wildman–Crippen LogP) is 3.19. The molecule has 8 nitrogen and oxygen atoms in total. The second-order valence-corrected chi connectivity index (χ2v) is 6.03. The second-order valence-electron chi connectivity index (χ2n) is 5.59. The maximum absolute atomic E-state index is 11.8. The summed E-state index contributed by atoms with van der Waals surface area (Å²) in [6, 6.07) is 8.74. The summed E-state index contributed by atoms with van der Waals surface area (Å²) in [6.45, 7) is 3.37. The van der Waals surface area contributed by atoms with Gasteiger partial charge in [0.25, 0.3) is 0 Å². The first kappa shape index (κ1) is 19.4. The summed E-state index contributed by atoms with van der Waals surface area (Å²) in [7, 11) is 0. The highest BCUT2D eigenvalue weighted by atomic mass is 35.5. The number of halogens is 1. The normalized spacial score (nSPS) is 13.9. The summed E-state index contributed by atoms with van der Waals surface area (Å²) in [5, 5.41) is 25.2. The van der Waals surface area contributed by atoms with Crippen molar-refractivity contribution < 1.29 is 9.53 Å². The van der Waals surface area contributed by atoms with Crippen molar-refractivity contribution in [3.63, 3.8) is 0 Å². The van der Waals surface area contributed by atoms with Gasteiger partial charge in [0.1, 0.15) is 12.1 Å². The van der Waals surface area contributed by atoms with E-state index < -0.39 is 0 Å². The summed E-state index contributed by atoms with van der Waals surface area (Å²) < 4.78 is 5.02. The number of hydrazone groups is 1. The lowest BCUT2D eigenvalue weighted by Crippen LogP contribution is -2.42. The van der Waals surface area contributed by atoms with E-state index in [4.69, 9.17) is 26.9 Å². The van der Waals surface area contributed by atoms with Gasteiger partial charge in [0, 0.05) is 24.2 Å². The molecule has 0 unspecified atom stereocenters. The molecule has 1 saturated heterocycles. The van der Waals surface area contributed by atoms with Gasteiger partial charge in [0.15, 0.2) is 0 Å². The molecule has 1 aliphatic rings. The highest BCUT2D eigenvalue weighted by molar-refractivity contribution is 6.31. The van der Waals surface area contributed by atoms with Gasteiger partial charge in [-0.25, -0.2) is 4.79 Å². The van der Waals surface area contributed by atoms with Crippen LogP contribution in [0.25, 0.3) is 0 Å². The number of anilines is 2. The number of nitrogens with zero attached hydrogens (tertiary/aromatic N) is 4. The third-order valence-electron chi connectivity index (χ3n) is 3.86. The Morgan fingerprint density at radius 3 is 2.65 bits per heavy atom. The fourth-order valence-corrected chi connectivity index (χ4v) is 2.74. The van der Waals surface area contributed by atoms with Crippen LogP contribution in [-0.4, -0.2) is 42.4 Å². The summed E-state index contributed by atoms with van der Waals surface area (Å²) in [5.74, 6) is 0. The molecule has 0 aliphatic carbocycles. The minimum absolute atomic E-state index is 0.165. The van der Waals surface area contributed by atoms with Crippen molar-refractivity contribution >= 4 is 34.8 Å². The van der Waals surface area contributed by atoms with Crippen LogP contribution in [0.4, 0.5) is 16.2 Å². The Kier molecular flexibility index (Phi) is 7.07. The number of hydrogen-bond donors (Lipinski definition) is 2. The quantitative estimate of drug-likeness (QED) is 0.604. The molecule has 1 fully saturated rings. The van der Waals surface area contributed by atoms with E-state index in [0.717, 1.165) is 18.5 Å². The van der Waals surface area contributed by atoms with Gasteiger partial charge in [-0.05, 0) is 38.0 Å². The van der Waals surface area contributed by atoms with E-state index in [0.29, 0.717) is 30.4 Å². The molecule has 136 valence electrons. The van der Waals surface area contributed by atoms with Gasteiger partial charge in [-0.3, -0.25) is 5.43 Å². The molecule has 9 heteroatoms. The van der Waals surface area contributed by atoms with Gasteiger partial charge >= 0.3 is 6.09 Å².